The molecule has 2 amide bonds. The Kier molecular flexibility index (Phi) is 5.73. The number of hydrogen-bond donors (Lipinski definition) is 1. The fraction of sp³-hybridized carbons (Fsp3) is 0.765. The third-order valence-electron chi connectivity index (χ3n) is 4.94. The second kappa shape index (κ2) is 7.98. The first-order valence-electron chi connectivity index (χ1n) is 8.92. The van der Waals surface area contributed by atoms with E-state index >= 15 is 0 Å². The molecule has 1 atom stereocenters. The van der Waals surface area contributed by atoms with Gasteiger partial charge in [-0.1, -0.05) is 5.16 Å². The van der Waals surface area contributed by atoms with Crippen molar-refractivity contribution in [1.29, 1.82) is 0 Å². The monoisotopic (exact) mass is 336 g/mol. The molecule has 2 fully saturated rings. The van der Waals surface area contributed by atoms with Crippen LogP contribution >= 0.6 is 0 Å². The van der Waals surface area contributed by atoms with Crippen molar-refractivity contribution in [1.82, 2.24) is 20.3 Å². The van der Waals surface area contributed by atoms with Gasteiger partial charge in [0.05, 0.1) is 11.8 Å². The maximum atomic E-state index is 12.4. The molecule has 7 nitrogen and oxygen atoms in total. The summed E-state index contributed by atoms with van der Waals surface area (Å²) in [5.74, 6) is 0.892. The van der Waals surface area contributed by atoms with Crippen LogP contribution in [-0.4, -0.2) is 66.4 Å². The number of carbonyl (C=O) groups is 1. The molecular formula is C17H28N4O3. The standard InChI is InChI=1S/C17H28N4O3/c1-13-16(14(2)24-19-13)12-20-6-4-7-21(9-8-20)17(22)18-11-15-5-3-10-23-15/h15H,3-12H2,1-2H3,(H,18,22). The fourth-order valence-corrected chi connectivity index (χ4v) is 3.40. The average Bonchev–Trinajstić information content (AvgIpc) is 3.12. The lowest BCUT2D eigenvalue weighted by atomic mass is 10.2. The molecular weight excluding hydrogens is 308 g/mol. The first-order valence-corrected chi connectivity index (χ1v) is 8.92. The Labute approximate surface area is 143 Å². The highest BCUT2D eigenvalue weighted by Crippen LogP contribution is 2.16. The maximum Gasteiger partial charge on any atom is 0.317 e. The Morgan fingerprint density at radius 1 is 1.25 bits per heavy atom. The van der Waals surface area contributed by atoms with Gasteiger partial charge in [-0.25, -0.2) is 4.79 Å². The van der Waals surface area contributed by atoms with E-state index in [2.05, 4.69) is 15.4 Å². The van der Waals surface area contributed by atoms with Crippen LogP contribution in [-0.2, 0) is 11.3 Å². The number of hydrogen-bond acceptors (Lipinski definition) is 5. The Morgan fingerprint density at radius 3 is 2.83 bits per heavy atom. The van der Waals surface area contributed by atoms with Crippen LogP contribution in [0.2, 0.25) is 0 Å². The molecule has 2 saturated heterocycles. The number of amides is 2. The lowest BCUT2D eigenvalue weighted by molar-refractivity contribution is 0.109. The summed E-state index contributed by atoms with van der Waals surface area (Å²) in [6.45, 7) is 9.63. The molecule has 0 saturated carbocycles. The van der Waals surface area contributed by atoms with Crippen LogP contribution in [0, 0.1) is 13.8 Å². The van der Waals surface area contributed by atoms with Gasteiger partial charge < -0.3 is 19.5 Å². The largest absolute Gasteiger partial charge is 0.376 e. The molecule has 2 aliphatic heterocycles. The van der Waals surface area contributed by atoms with Crippen molar-refractivity contribution in [2.75, 3.05) is 39.3 Å². The number of urea groups is 1. The zero-order valence-electron chi connectivity index (χ0n) is 14.7. The zero-order chi connectivity index (χ0) is 16.9. The minimum absolute atomic E-state index is 0.0321. The Morgan fingerprint density at radius 2 is 2.12 bits per heavy atom. The molecule has 1 N–H and O–H groups in total. The molecule has 2 aliphatic rings. The lowest BCUT2D eigenvalue weighted by Gasteiger charge is -2.23. The molecule has 7 heteroatoms. The van der Waals surface area contributed by atoms with Gasteiger partial charge in [-0.05, 0) is 33.1 Å². The van der Waals surface area contributed by atoms with Crippen LogP contribution in [0.15, 0.2) is 4.52 Å². The second-order valence-electron chi connectivity index (χ2n) is 6.74. The van der Waals surface area contributed by atoms with Gasteiger partial charge in [-0.3, -0.25) is 4.90 Å². The molecule has 1 aromatic rings. The van der Waals surface area contributed by atoms with Gasteiger partial charge in [0.1, 0.15) is 5.76 Å². The van der Waals surface area contributed by atoms with Crippen molar-refractivity contribution >= 4 is 6.03 Å². The molecule has 1 aromatic heterocycles. The molecule has 0 radical (unpaired) electrons. The highest BCUT2D eigenvalue weighted by Gasteiger charge is 2.22. The molecule has 1 unspecified atom stereocenters. The summed E-state index contributed by atoms with van der Waals surface area (Å²) in [6.07, 6.45) is 3.32. The van der Waals surface area contributed by atoms with Gasteiger partial charge in [0.25, 0.3) is 0 Å². The highest BCUT2D eigenvalue weighted by atomic mass is 16.5. The smallest absolute Gasteiger partial charge is 0.317 e. The Balaban J connectivity index is 1.46. The van der Waals surface area contributed by atoms with Gasteiger partial charge in [0.2, 0.25) is 0 Å². The van der Waals surface area contributed by atoms with Crippen molar-refractivity contribution < 1.29 is 14.1 Å². The number of rotatable bonds is 4. The summed E-state index contributed by atoms with van der Waals surface area (Å²) in [6, 6.07) is 0.0321. The highest BCUT2D eigenvalue weighted by molar-refractivity contribution is 5.74. The Hall–Kier alpha value is -1.60. The molecule has 0 spiro atoms. The van der Waals surface area contributed by atoms with E-state index in [1.54, 1.807) is 0 Å². The summed E-state index contributed by atoms with van der Waals surface area (Å²) in [7, 11) is 0. The molecule has 3 heterocycles. The summed E-state index contributed by atoms with van der Waals surface area (Å²) in [5.41, 5.74) is 2.13. The molecule has 0 aromatic carbocycles. The van der Waals surface area contributed by atoms with E-state index in [1.165, 1.54) is 5.56 Å². The van der Waals surface area contributed by atoms with Crippen LogP contribution in [0.4, 0.5) is 4.79 Å². The number of aromatic nitrogens is 1. The fourth-order valence-electron chi connectivity index (χ4n) is 3.40. The second-order valence-corrected chi connectivity index (χ2v) is 6.74. The number of carbonyl (C=O) groups excluding carboxylic acids is 1. The van der Waals surface area contributed by atoms with Gasteiger partial charge in [-0.2, -0.15) is 0 Å². The van der Waals surface area contributed by atoms with Crippen molar-refractivity contribution in [3.05, 3.63) is 17.0 Å². The predicted octanol–water partition coefficient (Wildman–Crippen LogP) is 1.69. The van der Waals surface area contributed by atoms with E-state index in [9.17, 15) is 4.79 Å². The minimum atomic E-state index is 0.0321. The van der Waals surface area contributed by atoms with E-state index < -0.39 is 0 Å². The SMILES string of the molecule is Cc1noc(C)c1CN1CCCN(C(=O)NCC2CCCO2)CC1. The number of nitrogens with zero attached hydrogens (tertiary/aromatic N) is 3. The van der Waals surface area contributed by atoms with Crippen molar-refractivity contribution in [2.45, 2.75) is 45.8 Å². The van der Waals surface area contributed by atoms with Gasteiger partial charge in [0, 0.05) is 51.4 Å². The van der Waals surface area contributed by atoms with Crippen LogP contribution in [0.5, 0.6) is 0 Å². The number of ether oxygens (including phenoxy) is 1. The summed E-state index contributed by atoms with van der Waals surface area (Å²) >= 11 is 0. The summed E-state index contributed by atoms with van der Waals surface area (Å²) < 4.78 is 10.8. The quantitative estimate of drug-likeness (QED) is 0.906. The number of aryl methyl sites for hydroxylation is 2. The van der Waals surface area contributed by atoms with Crippen molar-refractivity contribution in [3.63, 3.8) is 0 Å². The summed E-state index contributed by atoms with van der Waals surface area (Å²) in [5, 5.41) is 7.04. The van der Waals surface area contributed by atoms with E-state index in [4.69, 9.17) is 9.26 Å². The van der Waals surface area contributed by atoms with E-state index in [0.29, 0.717) is 6.54 Å². The first-order chi connectivity index (χ1) is 11.6. The lowest BCUT2D eigenvalue weighted by Crippen LogP contribution is -2.44. The van der Waals surface area contributed by atoms with E-state index in [-0.39, 0.29) is 12.1 Å². The number of nitrogens with one attached hydrogen (secondary N) is 1. The van der Waals surface area contributed by atoms with Crippen LogP contribution in [0.25, 0.3) is 0 Å². The van der Waals surface area contributed by atoms with Gasteiger partial charge >= 0.3 is 6.03 Å². The van der Waals surface area contributed by atoms with Crippen LogP contribution in [0.1, 0.15) is 36.3 Å². The molecule has 0 bridgehead atoms. The van der Waals surface area contributed by atoms with Gasteiger partial charge in [0.15, 0.2) is 0 Å². The maximum absolute atomic E-state index is 12.4. The molecule has 134 valence electrons. The third kappa shape index (κ3) is 4.27. The third-order valence-corrected chi connectivity index (χ3v) is 4.94. The predicted molar refractivity (Wildman–Crippen MR) is 89.8 cm³/mol. The topological polar surface area (TPSA) is 70.8 Å². The van der Waals surface area contributed by atoms with E-state index in [1.807, 2.05) is 18.7 Å². The normalized spacial score (nSPS) is 22.6. The minimum Gasteiger partial charge on any atom is -0.376 e. The Bertz CT molecular complexity index is 535. The average molecular weight is 336 g/mol. The van der Waals surface area contributed by atoms with Gasteiger partial charge in [-0.15, -0.1) is 0 Å². The van der Waals surface area contributed by atoms with Crippen molar-refractivity contribution in [2.24, 2.45) is 0 Å². The molecule has 24 heavy (non-hydrogen) atoms. The molecule has 0 aliphatic carbocycles. The summed E-state index contributed by atoms with van der Waals surface area (Å²) in [4.78, 5) is 16.6. The molecule has 3 rings (SSSR count). The van der Waals surface area contributed by atoms with Crippen molar-refractivity contribution in [3.8, 4) is 0 Å². The van der Waals surface area contributed by atoms with E-state index in [0.717, 1.165) is 70.0 Å². The van der Waals surface area contributed by atoms with Crippen LogP contribution in [0.3, 0.4) is 0 Å². The first kappa shape index (κ1) is 17.2. The van der Waals surface area contributed by atoms with Crippen LogP contribution < -0.4 is 5.32 Å². The zero-order valence-corrected chi connectivity index (χ0v) is 14.7.